The molecule has 8 rings (SSSR count). The molecular formula is C39H26N4. The molecule has 0 unspecified atom stereocenters. The van der Waals surface area contributed by atoms with Gasteiger partial charge < -0.3 is 4.57 Å². The summed E-state index contributed by atoms with van der Waals surface area (Å²) < 4.78 is 2.37. The highest BCUT2D eigenvalue weighted by atomic mass is 15.0. The summed E-state index contributed by atoms with van der Waals surface area (Å²) >= 11 is 0. The van der Waals surface area contributed by atoms with Crippen LogP contribution in [0, 0.1) is 0 Å². The van der Waals surface area contributed by atoms with Gasteiger partial charge in [0, 0.05) is 38.7 Å². The molecule has 0 radical (unpaired) electrons. The molecule has 8 aromatic rings. The molecule has 0 fully saturated rings. The van der Waals surface area contributed by atoms with E-state index in [1.54, 1.807) is 0 Å². The van der Waals surface area contributed by atoms with Crippen LogP contribution in [0.4, 0.5) is 0 Å². The summed E-state index contributed by atoms with van der Waals surface area (Å²) in [6, 6.07) is 54.5. The summed E-state index contributed by atoms with van der Waals surface area (Å²) in [4.78, 5) is 15.0. The number of benzene rings is 6. The van der Waals surface area contributed by atoms with Crippen LogP contribution in [0.15, 0.2) is 158 Å². The minimum Gasteiger partial charge on any atom is -0.309 e. The molecule has 2 heterocycles. The molecule has 0 saturated carbocycles. The normalized spacial score (nSPS) is 11.3. The van der Waals surface area contributed by atoms with E-state index in [1.165, 1.54) is 5.39 Å². The summed E-state index contributed by atoms with van der Waals surface area (Å²) in [5, 5.41) is 2.33. The van der Waals surface area contributed by atoms with Crippen molar-refractivity contribution in [2.24, 2.45) is 0 Å². The Hall–Kier alpha value is -5.87. The highest BCUT2D eigenvalue weighted by molar-refractivity contribution is 6.15. The smallest absolute Gasteiger partial charge is 0.164 e. The molecular weight excluding hydrogens is 524 g/mol. The van der Waals surface area contributed by atoms with E-state index in [4.69, 9.17) is 15.0 Å². The molecule has 0 spiro atoms. The molecule has 0 saturated heterocycles. The van der Waals surface area contributed by atoms with Gasteiger partial charge in [0.25, 0.3) is 0 Å². The van der Waals surface area contributed by atoms with Crippen molar-refractivity contribution in [1.82, 2.24) is 19.5 Å². The zero-order valence-corrected chi connectivity index (χ0v) is 23.3. The van der Waals surface area contributed by atoms with Crippen molar-refractivity contribution in [1.29, 1.82) is 0 Å². The Kier molecular flexibility index (Phi) is 6.08. The highest BCUT2D eigenvalue weighted by Gasteiger charge is 2.20. The number of hydrogen-bond acceptors (Lipinski definition) is 3. The first kappa shape index (κ1) is 24.9. The van der Waals surface area contributed by atoms with Crippen molar-refractivity contribution in [3.05, 3.63) is 158 Å². The van der Waals surface area contributed by atoms with Gasteiger partial charge in [-0.3, -0.25) is 0 Å². The van der Waals surface area contributed by atoms with Gasteiger partial charge >= 0.3 is 0 Å². The fourth-order valence-corrected chi connectivity index (χ4v) is 5.85. The first-order chi connectivity index (χ1) is 21.3. The standard InChI is InChI=1S/C39H26N4/c1-5-15-27(16-6-1)33-25-30(26-34-32-23-13-14-24-35(32)43(36(33)34)31-21-11-4-12-22-31)39-41-37(28-17-7-2-8-18-28)40-38(42-39)29-19-9-3-10-20-29/h1-26H. The maximum atomic E-state index is 5.06. The average molecular weight is 551 g/mol. The number of rotatable bonds is 5. The van der Waals surface area contributed by atoms with Crippen LogP contribution < -0.4 is 0 Å². The molecule has 4 heteroatoms. The van der Waals surface area contributed by atoms with Crippen LogP contribution in [0.1, 0.15) is 0 Å². The molecule has 6 aromatic carbocycles. The Labute approximate surface area is 249 Å². The Bertz CT molecular complexity index is 2150. The third kappa shape index (κ3) is 4.46. The lowest BCUT2D eigenvalue weighted by Crippen LogP contribution is -2.01. The van der Waals surface area contributed by atoms with Gasteiger partial charge in [0.2, 0.25) is 0 Å². The van der Waals surface area contributed by atoms with Crippen molar-refractivity contribution >= 4 is 21.8 Å². The van der Waals surface area contributed by atoms with Gasteiger partial charge in [-0.15, -0.1) is 0 Å². The lowest BCUT2D eigenvalue weighted by atomic mass is 9.98. The Morgan fingerprint density at radius 2 is 0.837 bits per heavy atom. The van der Waals surface area contributed by atoms with Gasteiger partial charge in [-0.2, -0.15) is 0 Å². The van der Waals surface area contributed by atoms with Crippen molar-refractivity contribution in [3.8, 4) is 51.0 Å². The maximum absolute atomic E-state index is 5.06. The second-order valence-corrected chi connectivity index (χ2v) is 10.5. The average Bonchev–Trinajstić information content (AvgIpc) is 3.43. The molecule has 0 aliphatic heterocycles. The van der Waals surface area contributed by atoms with Gasteiger partial charge in [0.15, 0.2) is 17.5 Å². The van der Waals surface area contributed by atoms with Crippen LogP contribution in [0.3, 0.4) is 0 Å². The summed E-state index contributed by atoms with van der Waals surface area (Å²) in [7, 11) is 0. The van der Waals surface area contributed by atoms with E-state index in [0.717, 1.165) is 49.9 Å². The van der Waals surface area contributed by atoms with Crippen molar-refractivity contribution in [2.75, 3.05) is 0 Å². The molecule has 0 aliphatic carbocycles. The number of fused-ring (bicyclic) bond motifs is 3. The molecule has 0 aliphatic rings. The van der Waals surface area contributed by atoms with E-state index in [-0.39, 0.29) is 0 Å². The Balaban J connectivity index is 1.46. The van der Waals surface area contributed by atoms with E-state index in [0.29, 0.717) is 17.5 Å². The van der Waals surface area contributed by atoms with Gasteiger partial charge in [0.05, 0.1) is 11.0 Å². The molecule has 43 heavy (non-hydrogen) atoms. The van der Waals surface area contributed by atoms with Gasteiger partial charge in [-0.05, 0) is 35.9 Å². The van der Waals surface area contributed by atoms with E-state index in [9.17, 15) is 0 Å². The van der Waals surface area contributed by atoms with E-state index >= 15 is 0 Å². The zero-order chi connectivity index (χ0) is 28.6. The number of hydrogen-bond donors (Lipinski definition) is 0. The minimum atomic E-state index is 0.642. The number of nitrogens with zero attached hydrogens (tertiary/aromatic N) is 4. The van der Waals surface area contributed by atoms with Crippen molar-refractivity contribution < 1.29 is 0 Å². The Morgan fingerprint density at radius 1 is 0.372 bits per heavy atom. The predicted molar refractivity (Wildman–Crippen MR) is 176 cm³/mol. The summed E-state index contributed by atoms with van der Waals surface area (Å²) in [6.07, 6.45) is 0. The summed E-state index contributed by atoms with van der Waals surface area (Å²) in [5.41, 5.74) is 8.54. The van der Waals surface area contributed by atoms with Crippen molar-refractivity contribution in [2.45, 2.75) is 0 Å². The molecule has 2 aromatic heterocycles. The van der Waals surface area contributed by atoms with Crippen LogP contribution in [-0.2, 0) is 0 Å². The SMILES string of the molecule is c1ccc(-c2nc(-c3ccccc3)nc(-c3cc(-c4ccccc4)c4c(c3)c3ccccc3n4-c3ccccc3)n2)cc1. The summed E-state index contributed by atoms with van der Waals surface area (Å²) in [5.74, 6) is 1.94. The monoisotopic (exact) mass is 550 g/mol. The fourth-order valence-electron chi connectivity index (χ4n) is 5.85. The van der Waals surface area contributed by atoms with Gasteiger partial charge in [-0.25, -0.2) is 15.0 Å². The first-order valence-corrected chi connectivity index (χ1v) is 14.4. The fraction of sp³-hybridized carbons (Fsp3) is 0. The molecule has 202 valence electrons. The molecule has 4 nitrogen and oxygen atoms in total. The second-order valence-electron chi connectivity index (χ2n) is 10.5. The predicted octanol–water partition coefficient (Wildman–Crippen LogP) is 9.64. The van der Waals surface area contributed by atoms with E-state index in [1.807, 2.05) is 60.7 Å². The third-order valence-electron chi connectivity index (χ3n) is 7.83. The minimum absolute atomic E-state index is 0.642. The zero-order valence-electron chi connectivity index (χ0n) is 23.3. The molecule has 0 bridgehead atoms. The van der Waals surface area contributed by atoms with E-state index < -0.39 is 0 Å². The second kappa shape index (κ2) is 10.5. The number of para-hydroxylation sites is 2. The molecule has 0 N–H and O–H groups in total. The van der Waals surface area contributed by atoms with E-state index in [2.05, 4.69) is 102 Å². The van der Waals surface area contributed by atoms with Crippen LogP contribution in [0.2, 0.25) is 0 Å². The van der Waals surface area contributed by atoms with Gasteiger partial charge in [0.1, 0.15) is 0 Å². The molecule has 0 amide bonds. The highest BCUT2D eigenvalue weighted by Crippen LogP contribution is 2.41. The summed E-state index contributed by atoms with van der Waals surface area (Å²) in [6.45, 7) is 0. The lowest BCUT2D eigenvalue weighted by molar-refractivity contribution is 1.07. The largest absolute Gasteiger partial charge is 0.309 e. The maximum Gasteiger partial charge on any atom is 0.164 e. The van der Waals surface area contributed by atoms with Crippen LogP contribution in [-0.4, -0.2) is 19.5 Å². The van der Waals surface area contributed by atoms with Crippen LogP contribution in [0.5, 0.6) is 0 Å². The van der Waals surface area contributed by atoms with Crippen LogP contribution in [0.25, 0.3) is 72.8 Å². The quantitative estimate of drug-likeness (QED) is 0.214. The van der Waals surface area contributed by atoms with Crippen LogP contribution >= 0.6 is 0 Å². The molecule has 0 atom stereocenters. The first-order valence-electron chi connectivity index (χ1n) is 14.4. The third-order valence-corrected chi connectivity index (χ3v) is 7.83. The van der Waals surface area contributed by atoms with Crippen molar-refractivity contribution in [3.63, 3.8) is 0 Å². The topological polar surface area (TPSA) is 43.6 Å². The lowest BCUT2D eigenvalue weighted by Gasteiger charge is -2.14. The number of aromatic nitrogens is 4. The Morgan fingerprint density at radius 3 is 1.42 bits per heavy atom. The van der Waals surface area contributed by atoms with Gasteiger partial charge in [-0.1, -0.05) is 127 Å².